The summed E-state index contributed by atoms with van der Waals surface area (Å²) < 4.78 is 2.42. The van der Waals surface area contributed by atoms with Crippen molar-refractivity contribution in [2.45, 2.75) is 5.54 Å². The summed E-state index contributed by atoms with van der Waals surface area (Å²) in [6.45, 7) is -0.176. The zero-order chi connectivity index (χ0) is 19.2. The first kappa shape index (κ1) is 17.4. The van der Waals surface area contributed by atoms with Crippen molar-refractivity contribution in [3.63, 3.8) is 0 Å². The summed E-state index contributed by atoms with van der Waals surface area (Å²) in [5.41, 5.74) is -0.881. The molecule has 4 rings (SSSR count). The zero-order valence-corrected chi connectivity index (χ0v) is 15.5. The topological polar surface area (TPSA) is 118 Å². The van der Waals surface area contributed by atoms with Gasteiger partial charge in [0.05, 0.1) is 16.8 Å². The van der Waals surface area contributed by atoms with Crippen molar-refractivity contribution >= 4 is 51.0 Å². The highest BCUT2D eigenvalue weighted by molar-refractivity contribution is 7.20. The number of amides is 4. The van der Waals surface area contributed by atoms with Crippen LogP contribution in [-0.4, -0.2) is 38.9 Å². The number of hydrogen-bond donors (Lipinski definition) is 3. The van der Waals surface area contributed by atoms with E-state index in [1.165, 1.54) is 17.5 Å². The first-order valence-electron chi connectivity index (χ1n) is 7.85. The molecular formula is C16H13ClN6O3S. The van der Waals surface area contributed by atoms with E-state index in [0.717, 1.165) is 4.70 Å². The van der Waals surface area contributed by atoms with Gasteiger partial charge in [-0.05, 0) is 18.2 Å². The molecule has 9 nitrogen and oxygen atoms in total. The van der Waals surface area contributed by atoms with E-state index < -0.39 is 23.4 Å². The summed E-state index contributed by atoms with van der Waals surface area (Å²) in [5, 5.41) is 8.19. The molecule has 27 heavy (non-hydrogen) atoms. The maximum absolute atomic E-state index is 12.6. The molecule has 11 heteroatoms. The molecule has 1 aromatic carbocycles. The third kappa shape index (κ3) is 2.92. The number of halogens is 1. The Balaban J connectivity index is 1.61. The second-order valence-corrected chi connectivity index (χ2v) is 7.46. The Morgan fingerprint density at radius 2 is 2.22 bits per heavy atom. The van der Waals surface area contributed by atoms with E-state index in [4.69, 9.17) is 11.6 Å². The van der Waals surface area contributed by atoms with Gasteiger partial charge in [-0.2, -0.15) is 0 Å². The molecule has 0 bridgehead atoms. The number of hydrogen-bond acceptors (Lipinski definition) is 6. The molecule has 3 N–H and O–H groups in total. The highest BCUT2D eigenvalue weighted by Gasteiger charge is 2.50. The Bertz CT molecular complexity index is 1090. The van der Waals surface area contributed by atoms with E-state index in [1.54, 1.807) is 36.0 Å². The lowest BCUT2D eigenvalue weighted by molar-refractivity contribution is -0.124. The Hall–Kier alpha value is -2.98. The van der Waals surface area contributed by atoms with Gasteiger partial charge in [0.1, 0.15) is 5.82 Å². The van der Waals surface area contributed by atoms with Crippen molar-refractivity contribution in [1.82, 2.24) is 30.5 Å². The van der Waals surface area contributed by atoms with Crippen LogP contribution in [0.4, 0.5) is 4.79 Å². The van der Waals surface area contributed by atoms with Crippen LogP contribution in [0.5, 0.6) is 0 Å². The number of imidazole rings is 1. The SMILES string of the molecule is Cn1ccnc1C1(CNC(=O)c2nc3cc(Cl)ccc3s2)NC(=O)NC1=O. The van der Waals surface area contributed by atoms with E-state index in [2.05, 4.69) is 25.9 Å². The minimum absolute atomic E-state index is 0.176. The molecule has 0 radical (unpaired) electrons. The summed E-state index contributed by atoms with van der Waals surface area (Å²) in [6, 6.07) is 4.53. The molecule has 0 aliphatic carbocycles. The van der Waals surface area contributed by atoms with Crippen molar-refractivity contribution in [3.8, 4) is 0 Å². The van der Waals surface area contributed by atoms with Gasteiger partial charge in [-0.25, -0.2) is 14.8 Å². The molecule has 1 saturated heterocycles. The lowest BCUT2D eigenvalue weighted by Gasteiger charge is -2.25. The summed E-state index contributed by atoms with van der Waals surface area (Å²) in [6.07, 6.45) is 3.15. The van der Waals surface area contributed by atoms with E-state index in [1.807, 2.05) is 0 Å². The number of urea groups is 1. The summed E-state index contributed by atoms with van der Waals surface area (Å²) >= 11 is 7.15. The Morgan fingerprint density at radius 1 is 1.41 bits per heavy atom. The number of nitrogens with zero attached hydrogens (tertiary/aromatic N) is 3. The highest BCUT2D eigenvalue weighted by atomic mass is 35.5. The number of fused-ring (bicyclic) bond motifs is 1. The van der Waals surface area contributed by atoms with Gasteiger partial charge in [0, 0.05) is 24.5 Å². The summed E-state index contributed by atoms with van der Waals surface area (Å²) in [4.78, 5) is 45.2. The molecule has 1 aliphatic rings. The monoisotopic (exact) mass is 404 g/mol. The second kappa shape index (κ2) is 6.32. The van der Waals surface area contributed by atoms with E-state index >= 15 is 0 Å². The largest absolute Gasteiger partial charge is 0.347 e. The van der Waals surface area contributed by atoms with Crippen LogP contribution in [0.2, 0.25) is 5.02 Å². The van der Waals surface area contributed by atoms with Crippen molar-refractivity contribution in [2.24, 2.45) is 7.05 Å². The first-order chi connectivity index (χ1) is 12.9. The Morgan fingerprint density at radius 3 is 2.89 bits per heavy atom. The fourth-order valence-corrected chi connectivity index (χ4v) is 3.94. The fraction of sp³-hybridized carbons (Fsp3) is 0.188. The number of aromatic nitrogens is 3. The van der Waals surface area contributed by atoms with Crippen molar-refractivity contribution in [3.05, 3.63) is 46.4 Å². The molecule has 4 amide bonds. The number of carbonyl (C=O) groups is 3. The average molecular weight is 405 g/mol. The molecule has 3 aromatic rings. The number of thiazole rings is 1. The molecule has 1 fully saturated rings. The third-order valence-electron chi connectivity index (χ3n) is 4.20. The number of carbonyl (C=O) groups excluding carboxylic acids is 3. The predicted octanol–water partition coefficient (Wildman–Crippen LogP) is 1.15. The number of aryl methyl sites for hydroxylation is 1. The molecule has 1 unspecified atom stereocenters. The standard InChI is InChI=1S/C16H13ClN6O3S/c1-23-5-4-18-13(23)16(14(25)21-15(26)22-16)7-19-11(24)12-20-9-6-8(17)2-3-10(9)27-12/h2-6H,7H2,1H3,(H,19,24)(H2,21,22,25,26). The van der Waals surface area contributed by atoms with Crippen LogP contribution in [-0.2, 0) is 17.4 Å². The molecule has 1 atom stereocenters. The van der Waals surface area contributed by atoms with Gasteiger partial charge in [0.15, 0.2) is 10.5 Å². The van der Waals surface area contributed by atoms with Crippen molar-refractivity contribution in [2.75, 3.05) is 6.54 Å². The number of nitrogens with one attached hydrogen (secondary N) is 3. The van der Waals surface area contributed by atoms with Crippen LogP contribution >= 0.6 is 22.9 Å². The molecule has 1 aliphatic heterocycles. The fourth-order valence-electron chi connectivity index (χ4n) is 2.92. The van der Waals surface area contributed by atoms with E-state index in [0.29, 0.717) is 16.4 Å². The molecular weight excluding hydrogens is 392 g/mol. The molecule has 2 aromatic heterocycles. The number of benzene rings is 1. The zero-order valence-electron chi connectivity index (χ0n) is 13.9. The normalized spacial score (nSPS) is 19.2. The minimum atomic E-state index is -1.50. The van der Waals surface area contributed by atoms with E-state index in [-0.39, 0.29) is 11.6 Å². The third-order valence-corrected chi connectivity index (χ3v) is 5.47. The van der Waals surface area contributed by atoms with E-state index in [9.17, 15) is 14.4 Å². The smallest absolute Gasteiger partial charge is 0.322 e. The van der Waals surface area contributed by atoms with Crippen LogP contribution in [0.1, 0.15) is 15.6 Å². The van der Waals surface area contributed by atoms with Crippen LogP contribution in [0.15, 0.2) is 30.6 Å². The Labute approximate surface area is 161 Å². The van der Waals surface area contributed by atoms with Crippen LogP contribution in [0.25, 0.3) is 10.2 Å². The maximum Gasteiger partial charge on any atom is 0.322 e. The lowest BCUT2D eigenvalue weighted by Crippen LogP contribution is -2.54. The number of rotatable bonds is 4. The molecule has 138 valence electrons. The predicted molar refractivity (Wildman–Crippen MR) is 98.5 cm³/mol. The lowest BCUT2D eigenvalue weighted by atomic mass is 9.98. The van der Waals surface area contributed by atoms with Gasteiger partial charge in [-0.3, -0.25) is 14.9 Å². The van der Waals surface area contributed by atoms with Gasteiger partial charge in [-0.1, -0.05) is 11.6 Å². The van der Waals surface area contributed by atoms with Crippen molar-refractivity contribution in [1.29, 1.82) is 0 Å². The minimum Gasteiger partial charge on any atom is -0.347 e. The average Bonchev–Trinajstić information content (AvgIpc) is 3.30. The number of imide groups is 1. The van der Waals surface area contributed by atoms with Crippen molar-refractivity contribution < 1.29 is 14.4 Å². The maximum atomic E-state index is 12.6. The van der Waals surface area contributed by atoms with Crippen LogP contribution in [0, 0.1) is 0 Å². The van der Waals surface area contributed by atoms with Gasteiger partial charge >= 0.3 is 6.03 Å². The Kier molecular flexibility index (Phi) is 4.08. The van der Waals surface area contributed by atoms with Crippen LogP contribution < -0.4 is 16.0 Å². The van der Waals surface area contributed by atoms with Gasteiger partial charge in [0.25, 0.3) is 11.8 Å². The quantitative estimate of drug-likeness (QED) is 0.564. The summed E-state index contributed by atoms with van der Waals surface area (Å²) in [5.74, 6) is -0.740. The van der Waals surface area contributed by atoms with Crippen LogP contribution in [0.3, 0.4) is 0 Å². The van der Waals surface area contributed by atoms with Gasteiger partial charge in [0.2, 0.25) is 0 Å². The molecule has 0 spiro atoms. The van der Waals surface area contributed by atoms with Gasteiger partial charge in [-0.15, -0.1) is 11.3 Å². The molecule has 0 saturated carbocycles. The van der Waals surface area contributed by atoms with Gasteiger partial charge < -0.3 is 15.2 Å². The second-order valence-electron chi connectivity index (χ2n) is 5.99. The molecule has 3 heterocycles. The highest BCUT2D eigenvalue weighted by Crippen LogP contribution is 2.26. The first-order valence-corrected chi connectivity index (χ1v) is 9.04. The summed E-state index contributed by atoms with van der Waals surface area (Å²) in [7, 11) is 1.70.